The summed E-state index contributed by atoms with van der Waals surface area (Å²) in [7, 11) is -2.20. The van der Waals surface area contributed by atoms with Crippen molar-refractivity contribution in [3.05, 3.63) is 35.9 Å². The Morgan fingerprint density at radius 1 is 1.27 bits per heavy atom. The van der Waals surface area contributed by atoms with Gasteiger partial charge < -0.3 is 4.74 Å². The van der Waals surface area contributed by atoms with Crippen LogP contribution in [0.1, 0.15) is 24.8 Å². The lowest BCUT2D eigenvalue weighted by Crippen LogP contribution is -2.44. The average Bonchev–Trinajstić information content (AvgIpc) is 3.07. The predicted molar refractivity (Wildman–Crippen MR) is 82.4 cm³/mol. The Hall–Kier alpha value is -1.40. The largest absolute Gasteiger partial charge is 0.468 e. The fourth-order valence-electron chi connectivity index (χ4n) is 3.83. The minimum Gasteiger partial charge on any atom is -0.468 e. The van der Waals surface area contributed by atoms with E-state index in [2.05, 4.69) is 0 Å². The number of ether oxygens (including phenoxy) is 1. The lowest BCUT2D eigenvalue weighted by atomic mass is 9.94. The minimum atomic E-state index is -3.53. The van der Waals surface area contributed by atoms with Crippen LogP contribution >= 0.6 is 0 Å². The second-order valence-electron chi connectivity index (χ2n) is 6.13. The van der Waals surface area contributed by atoms with Crippen molar-refractivity contribution in [1.82, 2.24) is 4.31 Å². The Bertz CT molecular complexity index is 643. The summed E-state index contributed by atoms with van der Waals surface area (Å²) in [6.45, 7) is 0.444. The molecular formula is C16H21NO4S. The van der Waals surface area contributed by atoms with Gasteiger partial charge in [0.15, 0.2) is 0 Å². The lowest BCUT2D eigenvalue weighted by molar-refractivity contribution is -0.145. The van der Waals surface area contributed by atoms with Crippen LogP contribution in [0.25, 0.3) is 0 Å². The van der Waals surface area contributed by atoms with E-state index in [0.29, 0.717) is 6.54 Å². The summed E-state index contributed by atoms with van der Waals surface area (Å²) in [5, 5.41) is 0. The van der Waals surface area contributed by atoms with Crippen molar-refractivity contribution < 1.29 is 17.9 Å². The zero-order chi connectivity index (χ0) is 15.7. The van der Waals surface area contributed by atoms with Gasteiger partial charge in [0.25, 0.3) is 0 Å². The Morgan fingerprint density at radius 2 is 2.00 bits per heavy atom. The SMILES string of the molecule is COC(=O)C1C2CCCC2CN1S(=O)(=O)Cc1ccccc1. The molecule has 1 heterocycles. The third-order valence-corrected chi connectivity index (χ3v) is 6.63. The van der Waals surface area contributed by atoms with Crippen LogP contribution in [0, 0.1) is 11.8 Å². The van der Waals surface area contributed by atoms with Crippen LogP contribution in [-0.4, -0.2) is 38.4 Å². The van der Waals surface area contributed by atoms with Crippen LogP contribution in [-0.2, 0) is 25.3 Å². The maximum Gasteiger partial charge on any atom is 0.324 e. The van der Waals surface area contributed by atoms with E-state index in [1.54, 1.807) is 12.1 Å². The number of fused-ring (bicyclic) bond motifs is 1. The van der Waals surface area contributed by atoms with Crippen LogP contribution in [0.3, 0.4) is 0 Å². The maximum atomic E-state index is 12.8. The summed E-state index contributed by atoms with van der Waals surface area (Å²) >= 11 is 0. The van der Waals surface area contributed by atoms with Crippen molar-refractivity contribution in [2.45, 2.75) is 31.1 Å². The van der Waals surface area contributed by atoms with Crippen molar-refractivity contribution >= 4 is 16.0 Å². The third kappa shape index (κ3) is 2.77. The summed E-state index contributed by atoms with van der Waals surface area (Å²) < 4.78 is 31.8. The highest BCUT2D eigenvalue weighted by atomic mass is 32.2. The fraction of sp³-hybridized carbons (Fsp3) is 0.562. The third-order valence-electron chi connectivity index (χ3n) is 4.84. The predicted octanol–water partition coefficient (Wildman–Crippen LogP) is 1.79. The van der Waals surface area contributed by atoms with Crippen molar-refractivity contribution in [1.29, 1.82) is 0 Å². The number of benzene rings is 1. The zero-order valence-electron chi connectivity index (χ0n) is 12.6. The highest BCUT2D eigenvalue weighted by Crippen LogP contribution is 2.44. The molecule has 3 atom stereocenters. The maximum absolute atomic E-state index is 12.8. The van der Waals surface area contributed by atoms with Crippen molar-refractivity contribution in [3.8, 4) is 0 Å². The van der Waals surface area contributed by atoms with E-state index in [9.17, 15) is 13.2 Å². The highest BCUT2D eigenvalue weighted by Gasteiger charge is 2.52. The quantitative estimate of drug-likeness (QED) is 0.793. The molecular weight excluding hydrogens is 302 g/mol. The van der Waals surface area contributed by atoms with Gasteiger partial charge in [0.1, 0.15) is 6.04 Å². The number of hydrogen-bond donors (Lipinski definition) is 0. The normalized spacial score (nSPS) is 28.5. The summed E-state index contributed by atoms with van der Waals surface area (Å²) in [5.74, 6) is -0.0977. The van der Waals surface area contributed by atoms with Crippen LogP contribution in [0.2, 0.25) is 0 Å². The standard InChI is InChI=1S/C16H21NO4S/c1-21-16(18)15-14-9-5-8-13(14)10-17(15)22(19,20)11-12-6-3-2-4-7-12/h2-4,6-7,13-15H,5,8-11H2,1H3. The lowest BCUT2D eigenvalue weighted by Gasteiger charge is -2.25. The molecule has 1 saturated heterocycles. The highest BCUT2D eigenvalue weighted by molar-refractivity contribution is 7.88. The first-order valence-corrected chi connectivity index (χ1v) is 9.25. The average molecular weight is 323 g/mol. The van der Waals surface area contributed by atoms with Crippen molar-refractivity contribution in [2.24, 2.45) is 11.8 Å². The Balaban J connectivity index is 1.86. The second-order valence-corrected chi connectivity index (χ2v) is 8.06. The molecule has 2 aliphatic rings. The topological polar surface area (TPSA) is 63.7 Å². The number of esters is 1. The molecule has 2 fully saturated rings. The fourth-order valence-corrected chi connectivity index (χ4v) is 5.62. The summed E-state index contributed by atoms with van der Waals surface area (Å²) in [5.41, 5.74) is 0.739. The molecule has 1 aromatic carbocycles. The molecule has 0 amide bonds. The molecule has 22 heavy (non-hydrogen) atoms. The smallest absolute Gasteiger partial charge is 0.324 e. The molecule has 1 saturated carbocycles. The first-order valence-electron chi connectivity index (χ1n) is 7.64. The van der Waals surface area contributed by atoms with Gasteiger partial charge in [0.05, 0.1) is 12.9 Å². The van der Waals surface area contributed by atoms with Gasteiger partial charge in [-0.2, -0.15) is 4.31 Å². The zero-order valence-corrected chi connectivity index (χ0v) is 13.5. The molecule has 1 aromatic rings. The molecule has 0 aromatic heterocycles. The number of carbonyl (C=O) groups is 1. The number of methoxy groups -OCH3 is 1. The first-order chi connectivity index (χ1) is 10.5. The molecule has 1 aliphatic heterocycles. The van der Waals surface area contributed by atoms with Crippen LogP contribution < -0.4 is 0 Å². The van der Waals surface area contributed by atoms with E-state index in [4.69, 9.17) is 4.74 Å². The monoisotopic (exact) mass is 323 g/mol. The van der Waals surface area contributed by atoms with Crippen LogP contribution in [0.4, 0.5) is 0 Å². The summed E-state index contributed by atoms with van der Waals surface area (Å²) in [4.78, 5) is 12.1. The van der Waals surface area contributed by atoms with Gasteiger partial charge in [-0.15, -0.1) is 0 Å². The van der Waals surface area contributed by atoms with E-state index in [0.717, 1.165) is 24.8 Å². The van der Waals surface area contributed by atoms with Gasteiger partial charge in [-0.1, -0.05) is 36.8 Å². The molecule has 0 N–H and O–H groups in total. The Morgan fingerprint density at radius 3 is 2.68 bits per heavy atom. The second kappa shape index (κ2) is 6.01. The number of hydrogen-bond acceptors (Lipinski definition) is 4. The van der Waals surface area contributed by atoms with Gasteiger partial charge in [-0.05, 0) is 30.2 Å². The number of sulfonamides is 1. The Labute approximate surface area is 131 Å². The van der Waals surface area contributed by atoms with E-state index >= 15 is 0 Å². The minimum absolute atomic E-state index is 0.0687. The molecule has 3 unspecified atom stereocenters. The summed E-state index contributed by atoms with van der Waals surface area (Å²) in [6, 6.07) is 8.44. The van der Waals surface area contributed by atoms with E-state index in [1.807, 2.05) is 18.2 Å². The molecule has 6 heteroatoms. The number of rotatable bonds is 4. The Kier molecular flexibility index (Phi) is 4.23. The van der Waals surface area contributed by atoms with Crippen molar-refractivity contribution in [3.63, 3.8) is 0 Å². The first kappa shape index (κ1) is 15.5. The van der Waals surface area contributed by atoms with Crippen molar-refractivity contribution in [2.75, 3.05) is 13.7 Å². The van der Waals surface area contributed by atoms with E-state index in [-0.39, 0.29) is 17.6 Å². The number of nitrogens with zero attached hydrogens (tertiary/aromatic N) is 1. The van der Waals surface area contributed by atoms with Gasteiger partial charge >= 0.3 is 5.97 Å². The van der Waals surface area contributed by atoms with Gasteiger partial charge in [0.2, 0.25) is 10.0 Å². The molecule has 120 valence electrons. The van der Waals surface area contributed by atoms with Gasteiger partial charge in [-0.3, -0.25) is 4.79 Å². The van der Waals surface area contributed by atoms with Gasteiger partial charge in [0, 0.05) is 6.54 Å². The van der Waals surface area contributed by atoms with Crippen LogP contribution in [0.15, 0.2) is 30.3 Å². The molecule has 0 bridgehead atoms. The summed E-state index contributed by atoms with van der Waals surface area (Å²) in [6.07, 6.45) is 2.96. The van der Waals surface area contributed by atoms with Crippen LogP contribution in [0.5, 0.6) is 0 Å². The van der Waals surface area contributed by atoms with Gasteiger partial charge in [-0.25, -0.2) is 8.42 Å². The van der Waals surface area contributed by atoms with E-state index < -0.39 is 22.0 Å². The molecule has 5 nitrogen and oxygen atoms in total. The molecule has 0 spiro atoms. The number of carbonyl (C=O) groups excluding carboxylic acids is 1. The van der Waals surface area contributed by atoms with E-state index in [1.165, 1.54) is 11.4 Å². The molecule has 3 rings (SSSR count). The molecule has 1 aliphatic carbocycles. The molecule has 0 radical (unpaired) electrons.